The van der Waals surface area contributed by atoms with Crippen molar-refractivity contribution in [2.75, 3.05) is 10.6 Å². The fourth-order valence-electron chi connectivity index (χ4n) is 2.89. The van der Waals surface area contributed by atoms with Gasteiger partial charge < -0.3 is 15.4 Å². The summed E-state index contributed by atoms with van der Waals surface area (Å²) in [5, 5.41) is 18.3. The summed E-state index contributed by atoms with van der Waals surface area (Å²) in [5.41, 5.74) is 2.43. The van der Waals surface area contributed by atoms with E-state index in [4.69, 9.17) is 28.6 Å². The van der Waals surface area contributed by atoms with Gasteiger partial charge in [-0.1, -0.05) is 37.1 Å². The zero-order valence-electron chi connectivity index (χ0n) is 16.9. The van der Waals surface area contributed by atoms with E-state index >= 15 is 0 Å². The fourth-order valence-corrected chi connectivity index (χ4v) is 3.25. The molecule has 0 aliphatic carbocycles. The van der Waals surface area contributed by atoms with Crippen LogP contribution in [-0.2, 0) is 6.42 Å². The monoisotopic (exact) mass is 455 g/mol. The van der Waals surface area contributed by atoms with Crippen LogP contribution in [0.1, 0.15) is 25.3 Å². The molecule has 0 heterocycles. The van der Waals surface area contributed by atoms with Crippen molar-refractivity contribution < 1.29 is 9.66 Å². The number of rotatable bonds is 8. The number of nitro benzene ring substituents is 1. The van der Waals surface area contributed by atoms with Crippen LogP contribution in [0.5, 0.6) is 11.5 Å². The van der Waals surface area contributed by atoms with Gasteiger partial charge in [0.05, 0.1) is 16.7 Å². The van der Waals surface area contributed by atoms with E-state index < -0.39 is 4.92 Å². The van der Waals surface area contributed by atoms with Crippen LogP contribution in [0, 0.1) is 10.1 Å². The first-order valence-corrected chi connectivity index (χ1v) is 10.6. The van der Waals surface area contributed by atoms with Crippen molar-refractivity contribution in [2.24, 2.45) is 0 Å². The third-order valence-electron chi connectivity index (χ3n) is 4.44. The molecule has 6 nitrogen and oxygen atoms in total. The largest absolute Gasteiger partial charge is 0.457 e. The van der Waals surface area contributed by atoms with Crippen molar-refractivity contribution in [1.82, 2.24) is 0 Å². The molecule has 0 saturated carbocycles. The third-order valence-corrected chi connectivity index (χ3v) is 4.90. The lowest BCUT2D eigenvalue weighted by atomic mass is 10.1. The molecule has 0 aliphatic rings. The number of benzene rings is 3. The van der Waals surface area contributed by atoms with E-state index in [0.29, 0.717) is 27.3 Å². The number of nitrogens with zero attached hydrogens (tertiary/aromatic N) is 1. The predicted octanol–water partition coefficient (Wildman–Crippen LogP) is 7.19. The van der Waals surface area contributed by atoms with Gasteiger partial charge in [-0.15, -0.1) is 0 Å². The van der Waals surface area contributed by atoms with E-state index in [2.05, 4.69) is 29.7 Å². The van der Waals surface area contributed by atoms with E-state index in [1.54, 1.807) is 30.3 Å². The molecule has 31 heavy (non-hydrogen) atoms. The Hall–Kier alpha value is -3.16. The van der Waals surface area contributed by atoms with Crippen LogP contribution >= 0.6 is 23.8 Å². The number of aryl methyl sites for hydroxylation is 1. The van der Waals surface area contributed by atoms with Crippen molar-refractivity contribution in [1.29, 1.82) is 0 Å². The average Bonchev–Trinajstić information content (AvgIpc) is 2.74. The highest BCUT2D eigenvalue weighted by atomic mass is 35.5. The van der Waals surface area contributed by atoms with E-state index in [9.17, 15) is 10.1 Å². The molecule has 0 amide bonds. The van der Waals surface area contributed by atoms with Crippen LogP contribution < -0.4 is 15.4 Å². The molecule has 0 aromatic heterocycles. The Bertz CT molecular complexity index is 1060. The highest BCUT2D eigenvalue weighted by molar-refractivity contribution is 7.80. The van der Waals surface area contributed by atoms with Crippen LogP contribution in [0.2, 0.25) is 5.02 Å². The van der Waals surface area contributed by atoms with Crippen LogP contribution in [0.25, 0.3) is 0 Å². The molecule has 3 rings (SSSR count). The van der Waals surface area contributed by atoms with Crippen molar-refractivity contribution in [3.8, 4) is 11.5 Å². The van der Waals surface area contributed by atoms with Crippen LogP contribution in [-0.4, -0.2) is 10.0 Å². The van der Waals surface area contributed by atoms with Crippen molar-refractivity contribution in [3.63, 3.8) is 0 Å². The van der Waals surface area contributed by atoms with Crippen molar-refractivity contribution in [3.05, 3.63) is 87.4 Å². The van der Waals surface area contributed by atoms with Crippen LogP contribution in [0.15, 0.2) is 66.7 Å². The minimum atomic E-state index is -0.481. The van der Waals surface area contributed by atoms with E-state index in [-0.39, 0.29) is 5.69 Å². The quantitative estimate of drug-likeness (QED) is 0.212. The van der Waals surface area contributed by atoms with Gasteiger partial charge in [0.1, 0.15) is 11.5 Å². The highest BCUT2D eigenvalue weighted by Gasteiger charge is 2.12. The Morgan fingerprint density at radius 3 is 2.32 bits per heavy atom. The number of non-ortho nitro benzene ring substituents is 1. The number of nitro groups is 1. The zero-order valence-corrected chi connectivity index (χ0v) is 18.5. The molecule has 0 aliphatic heterocycles. The maximum Gasteiger partial charge on any atom is 0.275 e. The zero-order chi connectivity index (χ0) is 22.2. The lowest BCUT2D eigenvalue weighted by molar-refractivity contribution is -0.384. The number of hydrogen-bond acceptors (Lipinski definition) is 4. The van der Waals surface area contributed by atoms with E-state index in [0.717, 1.165) is 24.9 Å². The van der Waals surface area contributed by atoms with E-state index in [1.807, 2.05) is 12.1 Å². The second-order valence-corrected chi connectivity index (χ2v) is 7.75. The highest BCUT2D eigenvalue weighted by Crippen LogP contribution is 2.30. The molecule has 3 aromatic rings. The molecule has 160 valence electrons. The predicted molar refractivity (Wildman–Crippen MR) is 130 cm³/mol. The molecule has 0 saturated heterocycles. The SMILES string of the molecule is CCCCc1ccc(NC(=S)Nc2cc(Oc3ccc(Cl)cc3)cc([N+](=O)[O-])c2)cc1. The molecular formula is C23H22ClN3O3S. The van der Waals surface area contributed by atoms with Crippen LogP contribution in [0.4, 0.5) is 17.1 Å². The van der Waals surface area contributed by atoms with Crippen molar-refractivity contribution in [2.45, 2.75) is 26.2 Å². The normalized spacial score (nSPS) is 10.4. The first kappa shape index (κ1) is 22.5. The molecule has 0 atom stereocenters. The molecule has 0 spiro atoms. The maximum atomic E-state index is 11.3. The second-order valence-electron chi connectivity index (χ2n) is 6.91. The molecule has 2 N–H and O–H groups in total. The molecule has 0 fully saturated rings. The number of halogens is 1. The molecule has 0 radical (unpaired) electrons. The van der Waals surface area contributed by atoms with Crippen molar-refractivity contribution >= 4 is 46.0 Å². The molecule has 0 unspecified atom stereocenters. The van der Waals surface area contributed by atoms with Gasteiger partial charge in [-0.3, -0.25) is 10.1 Å². The van der Waals surface area contributed by atoms with Gasteiger partial charge >= 0.3 is 0 Å². The molecule has 8 heteroatoms. The summed E-state index contributed by atoms with van der Waals surface area (Å²) in [6.07, 6.45) is 3.35. The first-order chi connectivity index (χ1) is 14.9. The van der Waals surface area contributed by atoms with Gasteiger partial charge in [0, 0.05) is 22.8 Å². The number of anilines is 2. The number of hydrogen-bond donors (Lipinski definition) is 2. The van der Waals surface area contributed by atoms with Gasteiger partial charge in [0.15, 0.2) is 5.11 Å². The summed E-state index contributed by atoms with van der Waals surface area (Å²) >= 11 is 11.3. The van der Waals surface area contributed by atoms with Crippen LogP contribution in [0.3, 0.4) is 0 Å². The third kappa shape index (κ3) is 6.94. The summed E-state index contributed by atoms with van der Waals surface area (Å²) in [6, 6.07) is 19.2. The summed E-state index contributed by atoms with van der Waals surface area (Å²) in [5.74, 6) is 0.821. The maximum absolute atomic E-state index is 11.3. The number of nitrogens with one attached hydrogen (secondary N) is 2. The minimum Gasteiger partial charge on any atom is -0.457 e. The standard InChI is InChI=1S/C23H22ClN3O3S/c1-2-3-4-16-5-9-18(10-6-16)25-23(31)26-19-13-20(27(28)29)15-22(14-19)30-21-11-7-17(24)8-12-21/h5-15H,2-4H2,1H3,(H2,25,26,31). The number of unbranched alkanes of at least 4 members (excludes halogenated alkanes) is 1. The summed E-state index contributed by atoms with van der Waals surface area (Å²) in [6.45, 7) is 2.17. The topological polar surface area (TPSA) is 76.4 Å². The molecule has 0 bridgehead atoms. The Morgan fingerprint density at radius 2 is 1.68 bits per heavy atom. The van der Waals surface area contributed by atoms with Gasteiger partial charge in [0.2, 0.25) is 0 Å². The second kappa shape index (κ2) is 10.7. The van der Waals surface area contributed by atoms with Gasteiger partial charge in [-0.05, 0) is 67.0 Å². The van der Waals surface area contributed by atoms with Gasteiger partial charge in [-0.25, -0.2) is 0 Å². The smallest absolute Gasteiger partial charge is 0.275 e. The molecular weight excluding hydrogens is 434 g/mol. The lowest BCUT2D eigenvalue weighted by Gasteiger charge is -2.13. The van der Waals surface area contributed by atoms with Gasteiger partial charge in [-0.2, -0.15) is 0 Å². The summed E-state index contributed by atoms with van der Waals surface area (Å²) < 4.78 is 5.74. The average molecular weight is 456 g/mol. The minimum absolute atomic E-state index is 0.114. The van der Waals surface area contributed by atoms with E-state index in [1.165, 1.54) is 17.7 Å². The first-order valence-electron chi connectivity index (χ1n) is 9.83. The Labute approximate surface area is 191 Å². The summed E-state index contributed by atoms with van der Waals surface area (Å²) in [7, 11) is 0. The number of ether oxygens (including phenoxy) is 1. The summed E-state index contributed by atoms with van der Waals surface area (Å²) in [4.78, 5) is 10.9. The number of thiocarbonyl (C=S) groups is 1. The Kier molecular flexibility index (Phi) is 7.81. The van der Waals surface area contributed by atoms with Gasteiger partial charge in [0.25, 0.3) is 5.69 Å². The Morgan fingerprint density at radius 1 is 1.00 bits per heavy atom. The Balaban J connectivity index is 1.70. The lowest BCUT2D eigenvalue weighted by Crippen LogP contribution is -2.19. The fraction of sp³-hybridized carbons (Fsp3) is 0.174. The molecule has 3 aromatic carbocycles.